The van der Waals surface area contributed by atoms with Crippen LogP contribution in [0.5, 0.6) is 5.75 Å². The van der Waals surface area contributed by atoms with Crippen LogP contribution in [0, 0.1) is 6.92 Å². The van der Waals surface area contributed by atoms with Gasteiger partial charge in [-0.3, -0.25) is 13.9 Å². The molecule has 1 N–H and O–H groups in total. The molecule has 0 aliphatic carbocycles. The standard InChI is InChI=1S/C31H35ClF3N3O5S/c1-5-6-16-36-30(40)22(3)37(19-23-8-7-9-25(17-23)43-4)29(39)20-38(44(41,42)26-13-10-21(2)11-14-26)24-12-15-28(32)27(18-24)31(33,34)35/h7-15,17-18,22H,5-6,16,19-20H2,1-4H3,(H,36,40). The van der Waals surface area contributed by atoms with Gasteiger partial charge < -0.3 is 15.0 Å². The Kier molecular flexibility index (Phi) is 11.7. The number of aryl methyl sites for hydroxylation is 1. The molecule has 8 nitrogen and oxygen atoms in total. The second kappa shape index (κ2) is 14.8. The van der Waals surface area contributed by atoms with E-state index in [1.54, 1.807) is 31.2 Å². The second-order valence-corrected chi connectivity index (χ2v) is 12.4. The molecule has 0 aliphatic heterocycles. The molecule has 1 unspecified atom stereocenters. The zero-order chi connectivity index (χ0) is 32.7. The molecule has 2 amide bonds. The fourth-order valence-electron chi connectivity index (χ4n) is 4.34. The summed E-state index contributed by atoms with van der Waals surface area (Å²) in [5, 5.41) is 2.15. The zero-order valence-electron chi connectivity index (χ0n) is 24.8. The summed E-state index contributed by atoms with van der Waals surface area (Å²) in [5.74, 6) is -0.780. The number of amides is 2. The van der Waals surface area contributed by atoms with E-state index in [0.717, 1.165) is 24.1 Å². The summed E-state index contributed by atoms with van der Waals surface area (Å²) in [7, 11) is -3.09. The van der Waals surface area contributed by atoms with Crippen molar-refractivity contribution in [1.29, 1.82) is 0 Å². The third kappa shape index (κ3) is 8.66. The number of ether oxygens (including phenoxy) is 1. The van der Waals surface area contributed by atoms with Crippen LogP contribution in [0.3, 0.4) is 0 Å². The maximum Gasteiger partial charge on any atom is 0.417 e. The molecule has 0 saturated carbocycles. The van der Waals surface area contributed by atoms with Crippen molar-refractivity contribution in [3.05, 3.63) is 88.4 Å². The number of carbonyl (C=O) groups excluding carboxylic acids is 2. The lowest BCUT2D eigenvalue weighted by atomic mass is 10.1. The summed E-state index contributed by atoms with van der Waals surface area (Å²) >= 11 is 5.82. The van der Waals surface area contributed by atoms with Gasteiger partial charge in [-0.05, 0) is 68.3 Å². The minimum atomic E-state index is -4.89. The van der Waals surface area contributed by atoms with Crippen LogP contribution < -0.4 is 14.4 Å². The predicted molar refractivity (Wildman–Crippen MR) is 163 cm³/mol. The number of nitrogens with one attached hydrogen (secondary N) is 1. The average Bonchev–Trinajstić information content (AvgIpc) is 2.98. The van der Waals surface area contributed by atoms with Gasteiger partial charge in [-0.1, -0.05) is 54.8 Å². The largest absolute Gasteiger partial charge is 0.497 e. The first kappa shape index (κ1) is 34.7. The van der Waals surface area contributed by atoms with Crippen LogP contribution in [-0.4, -0.2) is 51.4 Å². The van der Waals surface area contributed by atoms with E-state index in [2.05, 4.69) is 5.32 Å². The summed E-state index contributed by atoms with van der Waals surface area (Å²) < 4.78 is 75.1. The molecule has 44 heavy (non-hydrogen) atoms. The van der Waals surface area contributed by atoms with E-state index in [-0.39, 0.29) is 11.4 Å². The normalized spacial score (nSPS) is 12.4. The maximum atomic E-state index is 14.0. The van der Waals surface area contributed by atoms with Crippen molar-refractivity contribution in [2.24, 2.45) is 0 Å². The number of carbonyl (C=O) groups is 2. The molecule has 238 valence electrons. The van der Waals surface area contributed by atoms with Gasteiger partial charge in [-0.2, -0.15) is 13.2 Å². The van der Waals surface area contributed by atoms with Crippen LogP contribution >= 0.6 is 11.6 Å². The van der Waals surface area contributed by atoms with Gasteiger partial charge in [0.2, 0.25) is 11.8 Å². The number of halogens is 4. The number of hydrogen-bond donors (Lipinski definition) is 1. The molecule has 0 aliphatic rings. The molecule has 0 fully saturated rings. The lowest BCUT2D eigenvalue weighted by Gasteiger charge is -2.32. The Morgan fingerprint density at radius 3 is 2.34 bits per heavy atom. The highest BCUT2D eigenvalue weighted by Gasteiger charge is 2.37. The summed E-state index contributed by atoms with van der Waals surface area (Å²) in [6.45, 7) is 4.58. The van der Waals surface area contributed by atoms with Crippen LogP contribution in [0.4, 0.5) is 18.9 Å². The molecule has 0 aromatic heterocycles. The van der Waals surface area contributed by atoms with Crippen molar-refractivity contribution in [1.82, 2.24) is 10.2 Å². The van der Waals surface area contributed by atoms with E-state index in [1.807, 2.05) is 6.92 Å². The van der Waals surface area contributed by atoms with Crippen LogP contribution in [0.25, 0.3) is 0 Å². The van der Waals surface area contributed by atoms with Crippen LogP contribution in [0.1, 0.15) is 43.4 Å². The van der Waals surface area contributed by atoms with E-state index in [1.165, 1.54) is 43.2 Å². The van der Waals surface area contributed by atoms with Gasteiger partial charge in [-0.25, -0.2) is 8.42 Å². The minimum Gasteiger partial charge on any atom is -0.497 e. The van der Waals surface area contributed by atoms with Gasteiger partial charge in [0, 0.05) is 13.1 Å². The topological polar surface area (TPSA) is 96.0 Å². The number of unbranched alkanes of at least 4 members (excludes halogenated alkanes) is 1. The van der Waals surface area contributed by atoms with E-state index >= 15 is 0 Å². The molecular formula is C31H35ClF3N3O5S. The molecule has 13 heteroatoms. The van der Waals surface area contributed by atoms with Gasteiger partial charge in [0.05, 0.1) is 28.3 Å². The highest BCUT2D eigenvalue weighted by atomic mass is 35.5. The first-order valence-corrected chi connectivity index (χ1v) is 15.7. The number of benzene rings is 3. The van der Waals surface area contributed by atoms with Crippen molar-refractivity contribution in [2.75, 3.05) is 24.5 Å². The smallest absolute Gasteiger partial charge is 0.417 e. The van der Waals surface area contributed by atoms with Gasteiger partial charge in [0.1, 0.15) is 18.3 Å². The molecule has 3 rings (SSSR count). The number of nitrogens with zero attached hydrogens (tertiary/aromatic N) is 2. The quantitative estimate of drug-likeness (QED) is 0.222. The molecule has 3 aromatic carbocycles. The van der Waals surface area contributed by atoms with Gasteiger partial charge in [-0.15, -0.1) is 0 Å². The number of methoxy groups -OCH3 is 1. The highest BCUT2D eigenvalue weighted by molar-refractivity contribution is 7.92. The third-order valence-corrected chi connectivity index (χ3v) is 9.03. The summed E-state index contributed by atoms with van der Waals surface area (Å²) in [6, 6.07) is 14.0. The highest BCUT2D eigenvalue weighted by Crippen LogP contribution is 2.38. The minimum absolute atomic E-state index is 0.106. The SMILES string of the molecule is CCCCNC(=O)C(C)N(Cc1cccc(OC)c1)C(=O)CN(c1ccc(Cl)c(C(F)(F)F)c1)S(=O)(=O)c1ccc(C)cc1. The number of rotatable bonds is 13. The fourth-order valence-corrected chi connectivity index (χ4v) is 5.97. The van der Waals surface area contributed by atoms with Gasteiger partial charge >= 0.3 is 6.18 Å². The van der Waals surface area contributed by atoms with Crippen molar-refractivity contribution in [3.8, 4) is 5.75 Å². The van der Waals surface area contributed by atoms with E-state index in [0.29, 0.717) is 34.7 Å². The van der Waals surface area contributed by atoms with Crippen LogP contribution in [0.2, 0.25) is 5.02 Å². The summed E-state index contributed by atoms with van der Waals surface area (Å²) in [6.07, 6.45) is -3.35. The van der Waals surface area contributed by atoms with Gasteiger partial charge in [0.25, 0.3) is 10.0 Å². The monoisotopic (exact) mass is 653 g/mol. The van der Waals surface area contributed by atoms with E-state index in [9.17, 15) is 31.2 Å². The Hall–Kier alpha value is -3.77. The zero-order valence-corrected chi connectivity index (χ0v) is 26.4. The maximum absolute atomic E-state index is 14.0. The summed E-state index contributed by atoms with van der Waals surface area (Å²) in [5.41, 5.74) is -0.336. The Bertz CT molecular complexity index is 1570. The Labute approximate surface area is 260 Å². The van der Waals surface area contributed by atoms with E-state index in [4.69, 9.17) is 16.3 Å². The van der Waals surface area contributed by atoms with Gasteiger partial charge in [0.15, 0.2) is 0 Å². The molecule has 0 heterocycles. The molecule has 0 spiro atoms. The molecule has 1 atom stereocenters. The van der Waals surface area contributed by atoms with Crippen molar-refractivity contribution >= 4 is 39.1 Å². The Balaban J connectivity index is 2.10. The lowest BCUT2D eigenvalue weighted by Crippen LogP contribution is -2.51. The fraction of sp³-hybridized carbons (Fsp3) is 0.355. The van der Waals surface area contributed by atoms with Crippen molar-refractivity contribution < 1.29 is 35.9 Å². The summed E-state index contributed by atoms with van der Waals surface area (Å²) in [4.78, 5) is 28.0. The third-order valence-electron chi connectivity index (χ3n) is 6.92. The number of sulfonamides is 1. The Morgan fingerprint density at radius 2 is 1.73 bits per heavy atom. The molecule has 0 saturated heterocycles. The second-order valence-electron chi connectivity index (χ2n) is 10.2. The molecular weight excluding hydrogens is 619 g/mol. The first-order valence-electron chi connectivity index (χ1n) is 13.8. The predicted octanol–water partition coefficient (Wildman–Crippen LogP) is 6.20. The van der Waals surface area contributed by atoms with Crippen molar-refractivity contribution in [3.63, 3.8) is 0 Å². The van der Waals surface area contributed by atoms with Crippen molar-refractivity contribution in [2.45, 2.75) is 57.3 Å². The molecule has 0 radical (unpaired) electrons. The average molecular weight is 654 g/mol. The molecule has 0 bridgehead atoms. The molecule has 3 aromatic rings. The van der Waals surface area contributed by atoms with E-state index < -0.39 is 56.9 Å². The number of anilines is 1. The number of alkyl halides is 3. The Morgan fingerprint density at radius 1 is 1.05 bits per heavy atom. The van der Waals surface area contributed by atoms with Crippen LogP contribution in [-0.2, 0) is 32.3 Å². The first-order chi connectivity index (χ1) is 20.7. The van der Waals surface area contributed by atoms with Crippen LogP contribution in [0.15, 0.2) is 71.6 Å². The lowest BCUT2D eigenvalue weighted by molar-refractivity contribution is -0.139. The number of hydrogen-bond acceptors (Lipinski definition) is 5.